The molecule has 7 heteroatoms. The predicted molar refractivity (Wildman–Crippen MR) is 130 cm³/mol. The van der Waals surface area contributed by atoms with Crippen molar-refractivity contribution in [1.82, 2.24) is 10.2 Å². The highest BCUT2D eigenvalue weighted by atomic mass is 32.2. The number of rotatable bonds is 12. The topological polar surface area (TPSA) is 84.5 Å². The molecule has 0 fully saturated rings. The zero-order chi connectivity index (χ0) is 23.5. The standard InChI is InChI=1S/C26H30N2O4S/c1-2-3-14-24(19-26(29)27-32-20-21-10-6-4-7-11-21)28-33(30,31)25-17-15-23(16-18-25)22-12-8-5-9-13-22/h4-13,15-18,24,28H,2-3,14,19-20H2,1H3,(H,27,29)/t24-/m0/s1. The molecular weight excluding hydrogens is 436 g/mol. The fourth-order valence-corrected chi connectivity index (χ4v) is 4.71. The lowest BCUT2D eigenvalue weighted by Gasteiger charge is -2.18. The molecule has 0 radical (unpaired) electrons. The number of unbranched alkanes of at least 4 members (excludes halogenated alkanes) is 1. The van der Waals surface area contributed by atoms with Crippen molar-refractivity contribution in [3.05, 3.63) is 90.5 Å². The minimum absolute atomic E-state index is 0.00385. The van der Waals surface area contributed by atoms with Crippen molar-refractivity contribution in [2.75, 3.05) is 0 Å². The molecule has 33 heavy (non-hydrogen) atoms. The Bertz CT molecular complexity index is 1100. The monoisotopic (exact) mass is 466 g/mol. The van der Waals surface area contributed by atoms with E-state index in [4.69, 9.17) is 4.84 Å². The summed E-state index contributed by atoms with van der Waals surface area (Å²) >= 11 is 0. The second kappa shape index (κ2) is 12.3. The number of nitrogens with one attached hydrogen (secondary N) is 2. The van der Waals surface area contributed by atoms with Gasteiger partial charge in [0.25, 0.3) is 0 Å². The van der Waals surface area contributed by atoms with Gasteiger partial charge >= 0.3 is 0 Å². The molecule has 3 rings (SSSR count). The molecule has 0 aliphatic rings. The maximum Gasteiger partial charge on any atom is 0.245 e. The van der Waals surface area contributed by atoms with Crippen molar-refractivity contribution in [2.24, 2.45) is 0 Å². The summed E-state index contributed by atoms with van der Waals surface area (Å²) in [6.07, 6.45) is 2.26. The molecule has 3 aromatic rings. The van der Waals surface area contributed by atoms with Crippen molar-refractivity contribution >= 4 is 15.9 Å². The lowest BCUT2D eigenvalue weighted by atomic mass is 10.1. The maximum atomic E-state index is 13.0. The molecule has 0 spiro atoms. The molecule has 1 amide bonds. The van der Waals surface area contributed by atoms with Crippen LogP contribution >= 0.6 is 0 Å². The summed E-state index contributed by atoms with van der Waals surface area (Å²) in [5.41, 5.74) is 5.30. The van der Waals surface area contributed by atoms with E-state index < -0.39 is 16.1 Å². The fourth-order valence-electron chi connectivity index (χ4n) is 3.44. The summed E-state index contributed by atoms with van der Waals surface area (Å²) < 4.78 is 28.6. The van der Waals surface area contributed by atoms with Gasteiger partial charge in [-0.1, -0.05) is 92.6 Å². The smallest absolute Gasteiger partial charge is 0.245 e. The van der Waals surface area contributed by atoms with Crippen LogP contribution in [0.3, 0.4) is 0 Å². The molecule has 0 saturated heterocycles. The van der Waals surface area contributed by atoms with Crippen LogP contribution in [0.15, 0.2) is 89.8 Å². The maximum absolute atomic E-state index is 13.0. The van der Waals surface area contributed by atoms with E-state index in [2.05, 4.69) is 10.2 Å². The number of hydrogen-bond acceptors (Lipinski definition) is 4. The van der Waals surface area contributed by atoms with Crippen LogP contribution in [0, 0.1) is 0 Å². The molecule has 0 bridgehead atoms. The number of carbonyl (C=O) groups excluding carboxylic acids is 1. The summed E-state index contributed by atoms with van der Waals surface area (Å²) in [7, 11) is -3.77. The molecule has 0 aliphatic carbocycles. The van der Waals surface area contributed by atoms with Gasteiger partial charge in [0.2, 0.25) is 15.9 Å². The van der Waals surface area contributed by atoms with Crippen LogP contribution in [-0.4, -0.2) is 20.4 Å². The van der Waals surface area contributed by atoms with Gasteiger partial charge in [-0.2, -0.15) is 0 Å². The molecule has 0 saturated carbocycles. The van der Waals surface area contributed by atoms with E-state index >= 15 is 0 Å². The zero-order valence-electron chi connectivity index (χ0n) is 18.7. The quantitative estimate of drug-likeness (QED) is 0.375. The molecule has 0 heterocycles. The average molecular weight is 467 g/mol. The van der Waals surface area contributed by atoms with Gasteiger partial charge < -0.3 is 0 Å². The number of hydroxylamine groups is 1. The van der Waals surface area contributed by atoms with E-state index in [-0.39, 0.29) is 23.8 Å². The summed E-state index contributed by atoms with van der Waals surface area (Å²) in [6, 6.07) is 25.5. The molecule has 6 nitrogen and oxygen atoms in total. The van der Waals surface area contributed by atoms with E-state index in [0.29, 0.717) is 6.42 Å². The van der Waals surface area contributed by atoms with Gasteiger partial charge in [0.05, 0.1) is 11.5 Å². The Hall–Kier alpha value is -3.00. The van der Waals surface area contributed by atoms with Crippen LogP contribution in [0.4, 0.5) is 0 Å². The molecule has 1 atom stereocenters. The molecule has 2 N–H and O–H groups in total. The van der Waals surface area contributed by atoms with E-state index in [9.17, 15) is 13.2 Å². The van der Waals surface area contributed by atoms with Crippen molar-refractivity contribution in [3.8, 4) is 11.1 Å². The third-order valence-electron chi connectivity index (χ3n) is 5.20. The first-order chi connectivity index (χ1) is 16.0. The predicted octanol–water partition coefficient (Wildman–Crippen LogP) is 4.83. The molecule has 3 aromatic carbocycles. The minimum Gasteiger partial charge on any atom is -0.273 e. The lowest BCUT2D eigenvalue weighted by molar-refractivity contribution is -0.135. The Morgan fingerprint density at radius 3 is 2.12 bits per heavy atom. The number of amides is 1. The Morgan fingerprint density at radius 1 is 0.879 bits per heavy atom. The first kappa shape index (κ1) is 24.6. The summed E-state index contributed by atoms with van der Waals surface area (Å²) in [5.74, 6) is -0.367. The van der Waals surface area contributed by atoms with E-state index in [1.165, 1.54) is 0 Å². The lowest BCUT2D eigenvalue weighted by Crippen LogP contribution is -2.39. The number of carbonyl (C=O) groups is 1. The molecule has 0 unspecified atom stereocenters. The van der Waals surface area contributed by atoms with Gasteiger partial charge in [0.1, 0.15) is 0 Å². The van der Waals surface area contributed by atoms with Crippen molar-refractivity contribution in [1.29, 1.82) is 0 Å². The first-order valence-corrected chi connectivity index (χ1v) is 12.6. The van der Waals surface area contributed by atoms with Gasteiger partial charge in [0.15, 0.2) is 0 Å². The van der Waals surface area contributed by atoms with Crippen molar-refractivity contribution in [3.63, 3.8) is 0 Å². The van der Waals surface area contributed by atoms with Crippen LogP contribution in [-0.2, 0) is 26.3 Å². The van der Waals surface area contributed by atoms with Gasteiger partial charge in [-0.3, -0.25) is 9.63 Å². The fraction of sp³-hybridized carbons (Fsp3) is 0.269. The van der Waals surface area contributed by atoms with Gasteiger partial charge in [0, 0.05) is 12.5 Å². The Balaban J connectivity index is 1.60. The molecule has 174 valence electrons. The van der Waals surface area contributed by atoms with E-state index in [0.717, 1.165) is 29.5 Å². The van der Waals surface area contributed by atoms with Crippen molar-refractivity contribution < 1.29 is 18.0 Å². The third-order valence-corrected chi connectivity index (χ3v) is 6.74. The van der Waals surface area contributed by atoms with Crippen LogP contribution < -0.4 is 10.2 Å². The molecule has 0 aliphatic heterocycles. The van der Waals surface area contributed by atoms with Crippen molar-refractivity contribution in [2.45, 2.75) is 50.2 Å². The van der Waals surface area contributed by atoms with Crippen LogP contribution in [0.25, 0.3) is 11.1 Å². The number of benzene rings is 3. The Morgan fingerprint density at radius 2 is 1.48 bits per heavy atom. The van der Waals surface area contributed by atoms with Gasteiger partial charge in [-0.05, 0) is 35.2 Å². The summed E-state index contributed by atoms with van der Waals surface area (Å²) in [4.78, 5) is 17.8. The first-order valence-electron chi connectivity index (χ1n) is 11.1. The number of hydrogen-bond donors (Lipinski definition) is 2. The Kier molecular flexibility index (Phi) is 9.18. The number of sulfonamides is 1. The van der Waals surface area contributed by atoms with Gasteiger partial charge in [-0.15, -0.1) is 0 Å². The van der Waals surface area contributed by atoms with Gasteiger partial charge in [-0.25, -0.2) is 18.6 Å². The normalized spacial score (nSPS) is 12.3. The minimum atomic E-state index is -3.77. The highest BCUT2D eigenvalue weighted by Gasteiger charge is 2.22. The summed E-state index contributed by atoms with van der Waals surface area (Å²) in [5, 5.41) is 0. The largest absolute Gasteiger partial charge is 0.273 e. The van der Waals surface area contributed by atoms with Crippen LogP contribution in [0.1, 0.15) is 38.2 Å². The highest BCUT2D eigenvalue weighted by Crippen LogP contribution is 2.21. The highest BCUT2D eigenvalue weighted by molar-refractivity contribution is 7.89. The molecular formula is C26H30N2O4S. The SMILES string of the molecule is CCCC[C@@H](CC(=O)NOCc1ccccc1)NS(=O)(=O)c1ccc(-c2ccccc2)cc1. The van der Waals surface area contributed by atoms with Crippen LogP contribution in [0.2, 0.25) is 0 Å². The van der Waals surface area contributed by atoms with Crippen LogP contribution in [0.5, 0.6) is 0 Å². The second-order valence-electron chi connectivity index (χ2n) is 7.85. The Labute approximate surface area is 196 Å². The van der Waals surface area contributed by atoms with E-state index in [1.807, 2.05) is 67.6 Å². The summed E-state index contributed by atoms with van der Waals surface area (Å²) in [6.45, 7) is 2.27. The molecule has 0 aromatic heterocycles. The van der Waals surface area contributed by atoms with E-state index in [1.54, 1.807) is 24.3 Å². The third kappa shape index (κ3) is 7.82. The zero-order valence-corrected chi connectivity index (χ0v) is 19.6. The average Bonchev–Trinajstić information content (AvgIpc) is 2.83. The second-order valence-corrected chi connectivity index (χ2v) is 9.57.